The minimum absolute atomic E-state index is 0.273. The quantitative estimate of drug-likeness (QED) is 0.595. The van der Waals surface area contributed by atoms with Gasteiger partial charge in [0.2, 0.25) is 0 Å². The van der Waals surface area contributed by atoms with Gasteiger partial charge < -0.3 is 10.2 Å². The molecule has 0 spiro atoms. The molecule has 0 aliphatic heterocycles. The van der Waals surface area contributed by atoms with Gasteiger partial charge in [-0.1, -0.05) is 12.2 Å². The lowest BCUT2D eigenvalue weighted by Crippen LogP contribution is -2.32. The summed E-state index contributed by atoms with van der Waals surface area (Å²) in [5, 5.41) is 17.6. The Morgan fingerprint density at radius 3 is 1.64 bits per heavy atom. The van der Waals surface area contributed by atoms with E-state index >= 15 is 0 Å². The molecule has 0 saturated heterocycles. The van der Waals surface area contributed by atoms with Crippen molar-refractivity contribution in [3.8, 4) is 0 Å². The Morgan fingerprint density at radius 2 is 1.36 bits per heavy atom. The molecule has 2 aliphatic rings. The summed E-state index contributed by atoms with van der Waals surface area (Å²) in [4.78, 5) is 33.0. The van der Waals surface area contributed by atoms with E-state index in [2.05, 4.69) is 0 Å². The zero-order valence-electron chi connectivity index (χ0n) is 7.08. The summed E-state index contributed by atoms with van der Waals surface area (Å²) in [6.45, 7) is 0. The SMILES string of the molecule is O=C1C2C=CC1[C@H](C(=O)O)[C@@H]2C(=O)O. The van der Waals surface area contributed by atoms with Crippen molar-refractivity contribution in [2.24, 2.45) is 23.7 Å². The molecule has 2 bridgehead atoms. The average Bonchev–Trinajstić information content (AvgIpc) is 2.58. The molecular formula is C9H8O5. The summed E-state index contributed by atoms with van der Waals surface area (Å²) in [5.41, 5.74) is 0. The van der Waals surface area contributed by atoms with E-state index in [-0.39, 0.29) is 5.78 Å². The van der Waals surface area contributed by atoms with Gasteiger partial charge in [0, 0.05) is 0 Å². The largest absolute Gasteiger partial charge is 0.481 e. The smallest absolute Gasteiger partial charge is 0.308 e. The van der Waals surface area contributed by atoms with Gasteiger partial charge in [-0.25, -0.2) is 0 Å². The fourth-order valence-electron chi connectivity index (χ4n) is 2.31. The molecule has 5 nitrogen and oxygen atoms in total. The maximum absolute atomic E-state index is 11.4. The maximum Gasteiger partial charge on any atom is 0.308 e. The third-order valence-corrected chi connectivity index (χ3v) is 2.91. The number of Topliss-reactive ketones (excluding diaryl/α,β-unsaturated/α-hetero) is 1. The van der Waals surface area contributed by atoms with Crippen LogP contribution in [0.5, 0.6) is 0 Å². The second kappa shape index (κ2) is 2.67. The Kier molecular flexibility index (Phi) is 1.70. The van der Waals surface area contributed by atoms with Crippen LogP contribution in [0, 0.1) is 23.7 Å². The minimum atomic E-state index is -1.21. The Hall–Kier alpha value is -1.65. The van der Waals surface area contributed by atoms with E-state index in [0.29, 0.717) is 0 Å². The Bertz CT molecular complexity index is 324. The molecule has 1 fully saturated rings. The van der Waals surface area contributed by atoms with Crippen molar-refractivity contribution in [2.45, 2.75) is 0 Å². The van der Waals surface area contributed by atoms with Gasteiger partial charge in [-0.15, -0.1) is 0 Å². The molecule has 1 saturated carbocycles. The van der Waals surface area contributed by atoms with Crippen molar-refractivity contribution in [3.63, 3.8) is 0 Å². The Morgan fingerprint density at radius 1 is 1.00 bits per heavy atom. The normalized spacial score (nSPS) is 39.0. The predicted octanol–water partition coefficient (Wildman–Crippen LogP) is -0.227. The monoisotopic (exact) mass is 196 g/mol. The van der Waals surface area contributed by atoms with E-state index in [0.717, 1.165) is 0 Å². The van der Waals surface area contributed by atoms with Crippen LogP contribution in [0.25, 0.3) is 0 Å². The van der Waals surface area contributed by atoms with Crippen LogP contribution in [0.15, 0.2) is 12.2 Å². The van der Waals surface area contributed by atoms with Gasteiger partial charge in [0.1, 0.15) is 5.78 Å². The first-order chi connectivity index (χ1) is 6.54. The van der Waals surface area contributed by atoms with Crippen LogP contribution >= 0.6 is 0 Å². The van der Waals surface area contributed by atoms with Crippen LogP contribution in [-0.4, -0.2) is 27.9 Å². The average molecular weight is 196 g/mol. The van der Waals surface area contributed by atoms with Gasteiger partial charge >= 0.3 is 11.9 Å². The number of carbonyl (C=O) groups is 3. The van der Waals surface area contributed by atoms with E-state index < -0.39 is 35.6 Å². The highest BCUT2D eigenvalue weighted by Gasteiger charge is 2.57. The molecule has 2 N–H and O–H groups in total. The van der Waals surface area contributed by atoms with Crippen molar-refractivity contribution in [2.75, 3.05) is 0 Å². The van der Waals surface area contributed by atoms with E-state index in [1.807, 2.05) is 0 Å². The van der Waals surface area contributed by atoms with E-state index in [4.69, 9.17) is 10.2 Å². The Balaban J connectivity index is 2.41. The molecule has 0 heterocycles. The molecule has 14 heavy (non-hydrogen) atoms. The highest BCUT2D eigenvalue weighted by atomic mass is 16.4. The molecular weight excluding hydrogens is 188 g/mol. The third kappa shape index (κ3) is 0.921. The lowest BCUT2D eigenvalue weighted by Gasteiger charge is -2.18. The predicted molar refractivity (Wildman–Crippen MR) is 43.4 cm³/mol. The molecule has 74 valence electrons. The van der Waals surface area contributed by atoms with E-state index in [1.165, 1.54) is 12.2 Å². The molecule has 2 rings (SSSR count). The van der Waals surface area contributed by atoms with Gasteiger partial charge in [-0.2, -0.15) is 0 Å². The van der Waals surface area contributed by atoms with Crippen molar-refractivity contribution in [1.29, 1.82) is 0 Å². The summed E-state index contributed by atoms with van der Waals surface area (Å²) in [5.74, 6) is -6.34. The summed E-state index contributed by atoms with van der Waals surface area (Å²) in [6.07, 6.45) is 3.01. The number of aliphatic carboxylic acids is 2. The number of carboxylic acid groups (broad SMARTS) is 2. The first kappa shape index (κ1) is 8.93. The summed E-state index contributed by atoms with van der Waals surface area (Å²) >= 11 is 0. The maximum atomic E-state index is 11.4. The number of ketones is 1. The molecule has 2 aliphatic carbocycles. The number of hydrogen-bond acceptors (Lipinski definition) is 3. The highest BCUT2D eigenvalue weighted by molar-refractivity contribution is 6.01. The van der Waals surface area contributed by atoms with Crippen LogP contribution in [0.3, 0.4) is 0 Å². The van der Waals surface area contributed by atoms with Crippen molar-refractivity contribution < 1.29 is 24.6 Å². The lowest BCUT2D eigenvalue weighted by atomic mass is 9.83. The van der Waals surface area contributed by atoms with Crippen LogP contribution in [0.4, 0.5) is 0 Å². The molecule has 0 aromatic rings. The Labute approximate surface area is 79.0 Å². The second-order valence-corrected chi connectivity index (χ2v) is 3.57. The number of carbonyl (C=O) groups excluding carboxylic acids is 1. The van der Waals surface area contributed by atoms with Crippen LogP contribution in [-0.2, 0) is 14.4 Å². The number of allylic oxidation sites excluding steroid dienone is 2. The number of carboxylic acids is 2. The van der Waals surface area contributed by atoms with Crippen LogP contribution < -0.4 is 0 Å². The topological polar surface area (TPSA) is 91.7 Å². The molecule has 4 atom stereocenters. The number of hydrogen-bond donors (Lipinski definition) is 2. The number of rotatable bonds is 2. The fourth-order valence-corrected chi connectivity index (χ4v) is 2.31. The molecule has 0 aromatic carbocycles. The zero-order chi connectivity index (χ0) is 10.5. The van der Waals surface area contributed by atoms with E-state index in [9.17, 15) is 14.4 Å². The summed E-state index contributed by atoms with van der Waals surface area (Å²) in [6, 6.07) is 0. The van der Waals surface area contributed by atoms with Gasteiger partial charge in [0.05, 0.1) is 23.7 Å². The van der Waals surface area contributed by atoms with Gasteiger partial charge in [0.25, 0.3) is 0 Å². The van der Waals surface area contributed by atoms with Gasteiger partial charge in [0.15, 0.2) is 0 Å². The van der Waals surface area contributed by atoms with Crippen molar-refractivity contribution >= 4 is 17.7 Å². The third-order valence-electron chi connectivity index (χ3n) is 2.91. The van der Waals surface area contributed by atoms with E-state index in [1.54, 1.807) is 0 Å². The number of fused-ring (bicyclic) bond motifs is 2. The van der Waals surface area contributed by atoms with Crippen molar-refractivity contribution in [1.82, 2.24) is 0 Å². The molecule has 2 unspecified atom stereocenters. The summed E-state index contributed by atoms with van der Waals surface area (Å²) < 4.78 is 0. The van der Waals surface area contributed by atoms with Gasteiger partial charge in [-0.3, -0.25) is 14.4 Å². The van der Waals surface area contributed by atoms with Gasteiger partial charge in [-0.05, 0) is 0 Å². The molecule has 0 radical (unpaired) electrons. The standard InChI is InChI=1S/C9H8O5/c10-7-3-1-2-4(7)6(9(13)14)5(3)8(11)12/h1-6H,(H,11,12)(H,13,14)/t3?,4?,5-,6+. The van der Waals surface area contributed by atoms with Crippen molar-refractivity contribution in [3.05, 3.63) is 12.2 Å². The zero-order valence-corrected chi connectivity index (χ0v) is 7.08. The molecule has 0 aromatic heterocycles. The second-order valence-electron chi connectivity index (χ2n) is 3.57. The molecule has 0 amide bonds. The molecule has 5 heteroatoms. The summed E-state index contributed by atoms with van der Waals surface area (Å²) in [7, 11) is 0. The van der Waals surface area contributed by atoms with Crippen LogP contribution in [0.2, 0.25) is 0 Å². The minimum Gasteiger partial charge on any atom is -0.481 e. The first-order valence-electron chi connectivity index (χ1n) is 4.21. The van der Waals surface area contributed by atoms with Crippen LogP contribution in [0.1, 0.15) is 0 Å². The first-order valence-corrected chi connectivity index (χ1v) is 4.21. The lowest BCUT2D eigenvalue weighted by molar-refractivity contribution is -0.154. The highest BCUT2D eigenvalue weighted by Crippen LogP contribution is 2.45. The fraction of sp³-hybridized carbons (Fsp3) is 0.444.